The van der Waals surface area contributed by atoms with Crippen LogP contribution < -0.4 is 10.6 Å². The van der Waals surface area contributed by atoms with Crippen molar-refractivity contribution in [3.63, 3.8) is 0 Å². The van der Waals surface area contributed by atoms with Crippen LogP contribution in [0.4, 0.5) is 0 Å². The molecule has 3 N–H and O–H groups in total. The number of hydrogen-bond acceptors (Lipinski definition) is 3. The number of amides is 2. The number of nitrogens with one attached hydrogen (secondary N) is 2. The summed E-state index contributed by atoms with van der Waals surface area (Å²) in [4.78, 5) is 33.7. The number of benzene rings is 1. The lowest BCUT2D eigenvalue weighted by Gasteiger charge is -2.11. The monoisotopic (exact) mass is 292 g/mol. The summed E-state index contributed by atoms with van der Waals surface area (Å²) < 4.78 is 0. The smallest absolute Gasteiger partial charge is 0.305 e. The van der Waals surface area contributed by atoms with Gasteiger partial charge in [0.05, 0.1) is 6.42 Å². The summed E-state index contributed by atoms with van der Waals surface area (Å²) in [5, 5.41) is 13.8. The van der Waals surface area contributed by atoms with Gasteiger partial charge in [0.1, 0.15) is 0 Å². The molecule has 0 saturated carbocycles. The number of carbonyl (C=O) groups is 3. The maximum absolute atomic E-state index is 11.7. The van der Waals surface area contributed by atoms with Gasteiger partial charge >= 0.3 is 5.97 Å². The topological polar surface area (TPSA) is 95.5 Å². The fraction of sp³-hybridized carbons (Fsp3) is 0.400. The number of carbonyl (C=O) groups excluding carboxylic acids is 2. The van der Waals surface area contributed by atoms with E-state index in [0.717, 1.165) is 5.56 Å². The van der Waals surface area contributed by atoms with Crippen LogP contribution in [-0.2, 0) is 16.0 Å². The van der Waals surface area contributed by atoms with Crippen molar-refractivity contribution in [1.82, 2.24) is 10.6 Å². The number of aliphatic carboxylic acids is 1. The van der Waals surface area contributed by atoms with E-state index in [0.29, 0.717) is 12.0 Å². The van der Waals surface area contributed by atoms with Gasteiger partial charge in [0, 0.05) is 25.1 Å². The van der Waals surface area contributed by atoms with E-state index in [-0.39, 0.29) is 24.7 Å². The lowest BCUT2D eigenvalue weighted by atomic mass is 10.1. The zero-order valence-corrected chi connectivity index (χ0v) is 12.2. The predicted molar refractivity (Wildman–Crippen MR) is 78.0 cm³/mol. The van der Waals surface area contributed by atoms with E-state index in [9.17, 15) is 14.4 Å². The molecule has 0 fully saturated rings. The van der Waals surface area contributed by atoms with Gasteiger partial charge in [-0.25, -0.2) is 0 Å². The van der Waals surface area contributed by atoms with E-state index >= 15 is 0 Å². The molecule has 1 aromatic rings. The highest BCUT2D eigenvalue weighted by molar-refractivity contribution is 5.94. The Labute approximate surface area is 123 Å². The first-order chi connectivity index (χ1) is 9.92. The van der Waals surface area contributed by atoms with Crippen LogP contribution in [0.1, 0.15) is 35.7 Å². The Balaban J connectivity index is 2.49. The molecule has 0 bridgehead atoms. The Morgan fingerprint density at radius 2 is 2.00 bits per heavy atom. The third-order valence-electron chi connectivity index (χ3n) is 2.95. The molecule has 0 aromatic heterocycles. The average Bonchev–Trinajstić information content (AvgIpc) is 2.43. The molecule has 2 amide bonds. The lowest BCUT2D eigenvalue weighted by Crippen LogP contribution is -2.34. The van der Waals surface area contributed by atoms with Crippen LogP contribution >= 0.6 is 0 Å². The fourth-order valence-corrected chi connectivity index (χ4v) is 1.93. The van der Waals surface area contributed by atoms with Crippen molar-refractivity contribution in [2.45, 2.75) is 32.2 Å². The van der Waals surface area contributed by atoms with Crippen LogP contribution in [0.15, 0.2) is 24.3 Å². The van der Waals surface area contributed by atoms with Crippen LogP contribution in [-0.4, -0.2) is 36.0 Å². The first-order valence-corrected chi connectivity index (χ1v) is 6.74. The molecule has 1 rings (SSSR count). The number of carboxylic acid groups (broad SMARTS) is 1. The summed E-state index contributed by atoms with van der Waals surface area (Å²) in [5.41, 5.74) is 1.44. The van der Waals surface area contributed by atoms with Crippen molar-refractivity contribution in [2.24, 2.45) is 0 Å². The second-order valence-electron chi connectivity index (χ2n) is 4.85. The van der Waals surface area contributed by atoms with Crippen LogP contribution in [0.5, 0.6) is 0 Å². The first kappa shape index (κ1) is 16.7. The van der Waals surface area contributed by atoms with E-state index < -0.39 is 12.0 Å². The maximum atomic E-state index is 11.7. The molecule has 6 heteroatoms. The Kier molecular flexibility index (Phi) is 6.39. The van der Waals surface area contributed by atoms with Gasteiger partial charge in [-0.05, 0) is 31.0 Å². The summed E-state index contributed by atoms with van der Waals surface area (Å²) >= 11 is 0. The van der Waals surface area contributed by atoms with Gasteiger partial charge in [0.2, 0.25) is 5.91 Å². The lowest BCUT2D eigenvalue weighted by molar-refractivity contribution is -0.137. The third kappa shape index (κ3) is 6.07. The highest BCUT2D eigenvalue weighted by Gasteiger charge is 2.11. The van der Waals surface area contributed by atoms with Crippen LogP contribution in [0.25, 0.3) is 0 Å². The Hall–Kier alpha value is -2.37. The number of rotatable bonds is 7. The Morgan fingerprint density at radius 1 is 1.29 bits per heavy atom. The van der Waals surface area contributed by atoms with Crippen LogP contribution in [0.2, 0.25) is 0 Å². The largest absolute Gasteiger partial charge is 0.481 e. The summed E-state index contributed by atoms with van der Waals surface area (Å²) in [6, 6.07) is 6.67. The summed E-state index contributed by atoms with van der Waals surface area (Å²) in [7, 11) is 1.56. The third-order valence-corrected chi connectivity index (χ3v) is 2.95. The van der Waals surface area contributed by atoms with Crippen molar-refractivity contribution >= 4 is 17.8 Å². The predicted octanol–water partition coefficient (Wildman–Crippen LogP) is 0.958. The normalized spacial score (nSPS) is 11.5. The van der Waals surface area contributed by atoms with Crippen molar-refractivity contribution in [3.8, 4) is 0 Å². The number of hydrogen-bond donors (Lipinski definition) is 3. The molecule has 0 radical (unpaired) electrons. The molecule has 21 heavy (non-hydrogen) atoms. The minimum Gasteiger partial charge on any atom is -0.481 e. The molecule has 1 unspecified atom stereocenters. The molecule has 0 heterocycles. The Morgan fingerprint density at radius 3 is 2.62 bits per heavy atom. The molecule has 0 aliphatic heterocycles. The van der Waals surface area contributed by atoms with E-state index in [2.05, 4.69) is 10.6 Å². The average molecular weight is 292 g/mol. The van der Waals surface area contributed by atoms with E-state index in [1.165, 1.54) is 0 Å². The SMILES string of the molecule is CNC(=O)c1cccc(CCC(=O)NC(C)CC(=O)O)c1. The first-order valence-electron chi connectivity index (χ1n) is 6.74. The van der Waals surface area contributed by atoms with Crippen molar-refractivity contribution in [1.29, 1.82) is 0 Å². The van der Waals surface area contributed by atoms with Gasteiger partial charge < -0.3 is 15.7 Å². The molecule has 0 aliphatic carbocycles. The quantitative estimate of drug-likeness (QED) is 0.697. The fourth-order valence-electron chi connectivity index (χ4n) is 1.93. The zero-order chi connectivity index (χ0) is 15.8. The van der Waals surface area contributed by atoms with Crippen LogP contribution in [0.3, 0.4) is 0 Å². The second kappa shape index (κ2) is 8.04. The summed E-state index contributed by atoms with van der Waals surface area (Å²) in [5.74, 6) is -1.31. The molecule has 0 saturated heterocycles. The molecular weight excluding hydrogens is 272 g/mol. The number of aryl methyl sites for hydroxylation is 1. The van der Waals surface area contributed by atoms with Gasteiger partial charge in [-0.15, -0.1) is 0 Å². The van der Waals surface area contributed by atoms with E-state index in [4.69, 9.17) is 5.11 Å². The van der Waals surface area contributed by atoms with Crippen molar-refractivity contribution < 1.29 is 19.5 Å². The minimum atomic E-state index is -0.943. The van der Waals surface area contributed by atoms with Crippen molar-refractivity contribution in [2.75, 3.05) is 7.05 Å². The molecule has 0 aliphatic rings. The van der Waals surface area contributed by atoms with Gasteiger partial charge in [-0.1, -0.05) is 12.1 Å². The molecule has 6 nitrogen and oxygen atoms in total. The highest BCUT2D eigenvalue weighted by Crippen LogP contribution is 2.08. The molecule has 1 atom stereocenters. The summed E-state index contributed by atoms with van der Waals surface area (Å²) in [6.07, 6.45) is 0.648. The molecule has 1 aromatic carbocycles. The van der Waals surface area contributed by atoms with Gasteiger partial charge in [0.25, 0.3) is 5.91 Å². The van der Waals surface area contributed by atoms with Crippen LogP contribution in [0, 0.1) is 0 Å². The summed E-state index contributed by atoms with van der Waals surface area (Å²) in [6.45, 7) is 1.65. The van der Waals surface area contributed by atoms with Gasteiger partial charge in [-0.2, -0.15) is 0 Å². The minimum absolute atomic E-state index is 0.0993. The maximum Gasteiger partial charge on any atom is 0.305 e. The standard InChI is InChI=1S/C15H20N2O4/c1-10(8-14(19)20)17-13(18)7-6-11-4-3-5-12(9-11)15(21)16-2/h3-5,9-10H,6-8H2,1-2H3,(H,16,21)(H,17,18)(H,19,20). The molecule has 0 spiro atoms. The highest BCUT2D eigenvalue weighted by atomic mass is 16.4. The van der Waals surface area contributed by atoms with Gasteiger partial charge in [0.15, 0.2) is 0 Å². The number of carboxylic acids is 1. The van der Waals surface area contributed by atoms with Crippen molar-refractivity contribution in [3.05, 3.63) is 35.4 Å². The van der Waals surface area contributed by atoms with Gasteiger partial charge in [-0.3, -0.25) is 14.4 Å². The Bertz CT molecular complexity index is 528. The zero-order valence-electron chi connectivity index (χ0n) is 12.2. The van der Waals surface area contributed by atoms with E-state index in [1.54, 1.807) is 32.2 Å². The second-order valence-corrected chi connectivity index (χ2v) is 4.85. The molecule has 114 valence electrons. The molecular formula is C15H20N2O4. The van der Waals surface area contributed by atoms with E-state index in [1.807, 2.05) is 6.07 Å².